The molecule has 10 heteroatoms. The third-order valence-corrected chi connectivity index (χ3v) is 4.36. The first kappa shape index (κ1) is 19.5. The number of rotatable bonds is 5. The summed E-state index contributed by atoms with van der Waals surface area (Å²) in [6.45, 7) is 0. The summed E-state index contributed by atoms with van der Waals surface area (Å²) in [7, 11) is 0. The van der Waals surface area contributed by atoms with Crippen LogP contribution >= 0.6 is 23.2 Å². The van der Waals surface area contributed by atoms with Gasteiger partial charge in [-0.25, -0.2) is 4.98 Å². The number of H-pyrrole nitrogens is 1. The second kappa shape index (κ2) is 7.38. The first-order valence-electron chi connectivity index (χ1n) is 7.56. The molecule has 0 saturated carbocycles. The van der Waals surface area contributed by atoms with Crippen molar-refractivity contribution in [1.82, 2.24) is 15.2 Å². The second-order valence-electron chi connectivity index (χ2n) is 5.66. The van der Waals surface area contributed by atoms with Gasteiger partial charge in [-0.2, -0.15) is 18.3 Å². The lowest BCUT2D eigenvalue weighted by Gasteiger charge is -2.31. The Morgan fingerprint density at radius 2 is 1.70 bits per heavy atom. The van der Waals surface area contributed by atoms with Crippen LogP contribution < -0.4 is 4.74 Å². The first-order valence-corrected chi connectivity index (χ1v) is 8.31. The fourth-order valence-electron chi connectivity index (χ4n) is 2.44. The molecule has 0 saturated heterocycles. The van der Waals surface area contributed by atoms with Crippen LogP contribution in [0.15, 0.2) is 48.8 Å². The molecule has 0 radical (unpaired) electrons. The molecule has 5 nitrogen and oxygen atoms in total. The average molecular weight is 418 g/mol. The van der Waals surface area contributed by atoms with Crippen LogP contribution in [-0.2, 0) is 12.0 Å². The molecule has 0 aliphatic heterocycles. The molecule has 1 atom stereocenters. The molecule has 1 heterocycles. The zero-order valence-electron chi connectivity index (χ0n) is 13.5. The van der Waals surface area contributed by atoms with Crippen molar-refractivity contribution in [1.29, 1.82) is 0 Å². The maximum Gasteiger partial charge on any atom is 0.421 e. The molecular weight excluding hydrogens is 406 g/mol. The van der Waals surface area contributed by atoms with Crippen LogP contribution in [-0.4, -0.2) is 26.5 Å². The smallest absolute Gasteiger partial charge is 0.421 e. The van der Waals surface area contributed by atoms with Crippen molar-refractivity contribution in [3.8, 4) is 11.5 Å². The van der Waals surface area contributed by atoms with Gasteiger partial charge in [-0.05, 0) is 36.4 Å². The normalized spacial score (nSPS) is 14.0. The van der Waals surface area contributed by atoms with Crippen molar-refractivity contribution >= 4 is 23.2 Å². The molecule has 0 amide bonds. The molecule has 3 rings (SSSR count). The molecule has 1 aromatic heterocycles. The maximum atomic E-state index is 13.6. The van der Waals surface area contributed by atoms with Gasteiger partial charge in [-0.1, -0.05) is 29.3 Å². The predicted octanol–water partition coefficient (Wildman–Crippen LogP) is 4.90. The highest BCUT2D eigenvalue weighted by molar-refractivity contribution is 6.31. The number of aliphatic hydroxyl groups is 1. The lowest BCUT2D eigenvalue weighted by molar-refractivity contribution is -0.266. The SMILES string of the molecule is O[C@](Cc1ncn[nH]1)(c1ccc(Oc2ccc(Cl)cc2)cc1Cl)C(F)(F)F. The summed E-state index contributed by atoms with van der Waals surface area (Å²) in [6.07, 6.45) is -4.81. The molecule has 3 aromatic rings. The first-order chi connectivity index (χ1) is 12.7. The fourth-order valence-corrected chi connectivity index (χ4v) is 2.89. The quantitative estimate of drug-likeness (QED) is 0.619. The number of ether oxygens (including phenoxy) is 1. The van der Waals surface area contributed by atoms with Crippen LogP contribution in [0.3, 0.4) is 0 Å². The summed E-state index contributed by atoms with van der Waals surface area (Å²) < 4.78 is 46.4. The molecule has 2 N–H and O–H groups in total. The van der Waals surface area contributed by atoms with Gasteiger partial charge in [0.1, 0.15) is 23.7 Å². The Bertz CT molecular complexity index is 918. The van der Waals surface area contributed by atoms with Gasteiger partial charge in [0.25, 0.3) is 0 Å². The summed E-state index contributed by atoms with van der Waals surface area (Å²) in [5.41, 5.74) is -3.76. The molecule has 0 spiro atoms. The number of benzene rings is 2. The highest BCUT2D eigenvalue weighted by Crippen LogP contribution is 2.44. The largest absolute Gasteiger partial charge is 0.457 e. The Morgan fingerprint density at radius 1 is 1.04 bits per heavy atom. The van der Waals surface area contributed by atoms with Gasteiger partial charge in [0.15, 0.2) is 5.60 Å². The average Bonchev–Trinajstić information content (AvgIpc) is 3.09. The molecular formula is C17H12Cl2F3N3O2. The minimum absolute atomic E-state index is 0.132. The van der Waals surface area contributed by atoms with E-state index >= 15 is 0 Å². The van der Waals surface area contributed by atoms with E-state index in [4.69, 9.17) is 27.9 Å². The van der Waals surface area contributed by atoms with E-state index in [1.165, 1.54) is 12.1 Å². The second-order valence-corrected chi connectivity index (χ2v) is 6.51. The lowest BCUT2D eigenvalue weighted by atomic mass is 9.89. The van der Waals surface area contributed by atoms with E-state index in [2.05, 4.69) is 15.2 Å². The van der Waals surface area contributed by atoms with Gasteiger partial charge >= 0.3 is 6.18 Å². The lowest BCUT2D eigenvalue weighted by Crippen LogP contribution is -2.44. The molecule has 0 aliphatic rings. The third kappa shape index (κ3) is 4.18. The number of alkyl halides is 3. The monoisotopic (exact) mass is 417 g/mol. The molecule has 2 aromatic carbocycles. The van der Waals surface area contributed by atoms with Crippen molar-refractivity contribution in [2.45, 2.75) is 18.2 Å². The summed E-state index contributed by atoms with van der Waals surface area (Å²) in [4.78, 5) is 3.65. The van der Waals surface area contributed by atoms with Gasteiger partial charge in [-0.15, -0.1) is 0 Å². The fraction of sp³-hybridized carbons (Fsp3) is 0.176. The van der Waals surface area contributed by atoms with Crippen molar-refractivity contribution in [3.63, 3.8) is 0 Å². The summed E-state index contributed by atoms with van der Waals surface area (Å²) in [5.74, 6) is 0.499. The minimum atomic E-state index is -5.00. The molecule has 142 valence electrons. The van der Waals surface area contributed by atoms with E-state index < -0.39 is 23.8 Å². The molecule has 0 fully saturated rings. The van der Waals surface area contributed by atoms with Crippen LogP contribution in [0.2, 0.25) is 10.0 Å². The topological polar surface area (TPSA) is 71.0 Å². The van der Waals surface area contributed by atoms with Crippen molar-refractivity contribution in [3.05, 3.63) is 70.2 Å². The number of halogens is 5. The van der Waals surface area contributed by atoms with Crippen LogP contribution in [0.4, 0.5) is 13.2 Å². The van der Waals surface area contributed by atoms with Gasteiger partial charge < -0.3 is 9.84 Å². The Kier molecular flexibility index (Phi) is 5.32. The van der Waals surface area contributed by atoms with E-state index in [0.29, 0.717) is 10.8 Å². The Morgan fingerprint density at radius 3 is 2.26 bits per heavy atom. The third-order valence-electron chi connectivity index (χ3n) is 3.79. The van der Waals surface area contributed by atoms with E-state index in [9.17, 15) is 18.3 Å². The number of hydrogen-bond acceptors (Lipinski definition) is 4. The summed E-state index contributed by atoms with van der Waals surface area (Å²) >= 11 is 11.8. The zero-order valence-corrected chi connectivity index (χ0v) is 15.0. The van der Waals surface area contributed by atoms with E-state index in [0.717, 1.165) is 12.4 Å². The summed E-state index contributed by atoms with van der Waals surface area (Å²) in [6, 6.07) is 9.95. The summed E-state index contributed by atoms with van der Waals surface area (Å²) in [5, 5.41) is 16.4. The number of nitrogens with zero attached hydrogens (tertiary/aromatic N) is 2. The zero-order chi connectivity index (χ0) is 19.7. The van der Waals surface area contributed by atoms with E-state index in [1.54, 1.807) is 24.3 Å². The minimum Gasteiger partial charge on any atom is -0.457 e. The molecule has 0 bridgehead atoms. The van der Waals surface area contributed by atoms with Crippen molar-refractivity contribution in [2.75, 3.05) is 0 Å². The van der Waals surface area contributed by atoms with Crippen molar-refractivity contribution in [2.24, 2.45) is 0 Å². The number of hydrogen-bond donors (Lipinski definition) is 2. The van der Waals surface area contributed by atoms with Crippen LogP contribution in [0, 0.1) is 0 Å². The Hall–Kier alpha value is -2.29. The van der Waals surface area contributed by atoms with Crippen LogP contribution in [0.25, 0.3) is 0 Å². The predicted molar refractivity (Wildman–Crippen MR) is 93.0 cm³/mol. The van der Waals surface area contributed by atoms with Gasteiger partial charge in [0.2, 0.25) is 0 Å². The molecule has 27 heavy (non-hydrogen) atoms. The van der Waals surface area contributed by atoms with Gasteiger partial charge in [0.05, 0.1) is 5.02 Å². The van der Waals surface area contributed by atoms with Crippen LogP contribution in [0.5, 0.6) is 11.5 Å². The van der Waals surface area contributed by atoms with Gasteiger partial charge in [0, 0.05) is 17.0 Å². The van der Waals surface area contributed by atoms with E-state index in [1.807, 2.05) is 0 Å². The Labute approximate surface area is 161 Å². The standard InChI is InChI=1S/C17H12Cl2F3N3O2/c18-10-1-3-11(4-2-10)27-12-5-6-13(14(19)7-12)16(26,17(20,21)22)8-15-23-9-24-25-15/h1-7,9,26H,8H2,(H,23,24,25)/t16-/m1/s1. The maximum absolute atomic E-state index is 13.6. The van der Waals surface area contributed by atoms with Crippen molar-refractivity contribution < 1.29 is 23.0 Å². The number of aromatic nitrogens is 3. The van der Waals surface area contributed by atoms with Crippen LogP contribution in [0.1, 0.15) is 11.4 Å². The highest BCUT2D eigenvalue weighted by Gasteiger charge is 2.56. The number of nitrogens with one attached hydrogen (secondary N) is 1. The highest BCUT2D eigenvalue weighted by atomic mass is 35.5. The molecule has 0 aliphatic carbocycles. The van der Waals surface area contributed by atoms with E-state index in [-0.39, 0.29) is 16.6 Å². The van der Waals surface area contributed by atoms with Gasteiger partial charge in [-0.3, -0.25) is 5.10 Å². The number of aromatic amines is 1. The Balaban J connectivity index is 1.93. The molecule has 0 unspecified atom stereocenters.